The van der Waals surface area contributed by atoms with E-state index < -0.39 is 5.91 Å². The van der Waals surface area contributed by atoms with Gasteiger partial charge in [-0.25, -0.2) is 0 Å². The third-order valence-electron chi connectivity index (χ3n) is 4.10. The van der Waals surface area contributed by atoms with Gasteiger partial charge in [0.25, 0.3) is 5.91 Å². The Balaban J connectivity index is 1.75. The molecule has 3 aromatic rings. The van der Waals surface area contributed by atoms with Gasteiger partial charge in [0.1, 0.15) is 11.5 Å². The summed E-state index contributed by atoms with van der Waals surface area (Å²) in [6, 6.07) is 19.5. The Morgan fingerprint density at radius 3 is 2.43 bits per heavy atom. The van der Waals surface area contributed by atoms with Crippen LogP contribution in [0.4, 0.5) is 5.69 Å². The lowest BCUT2D eigenvalue weighted by Crippen LogP contribution is -2.48. The van der Waals surface area contributed by atoms with E-state index in [0.29, 0.717) is 22.1 Å². The predicted molar refractivity (Wildman–Crippen MR) is 106 cm³/mol. The highest BCUT2D eigenvalue weighted by Crippen LogP contribution is 2.26. The molecule has 0 aromatic heterocycles. The number of carbonyl (C=O) groups excluding carboxylic acids is 1. The number of para-hydroxylation sites is 1. The lowest BCUT2D eigenvalue weighted by atomic mass is 10.2. The summed E-state index contributed by atoms with van der Waals surface area (Å²) in [5.41, 5.74) is 4.21. The first kappa shape index (κ1) is 17.7. The molecule has 4 rings (SSSR count). The molecule has 0 aliphatic carbocycles. The number of hydrogen-bond acceptors (Lipinski definition) is 6. The molecule has 0 atom stereocenters. The fourth-order valence-electron chi connectivity index (χ4n) is 2.74. The largest absolute Gasteiger partial charge is 0.508 e. The first-order chi connectivity index (χ1) is 13.5. The molecule has 8 heteroatoms. The molecule has 0 saturated heterocycles. The summed E-state index contributed by atoms with van der Waals surface area (Å²) in [4.78, 5) is 13.1. The van der Waals surface area contributed by atoms with Crippen LogP contribution in [0.25, 0.3) is 0 Å². The summed E-state index contributed by atoms with van der Waals surface area (Å²) >= 11 is 5.96. The Hall–Kier alpha value is -3.71. The second kappa shape index (κ2) is 7.13. The van der Waals surface area contributed by atoms with Crippen molar-refractivity contribution in [1.29, 1.82) is 0 Å². The van der Waals surface area contributed by atoms with E-state index >= 15 is 0 Å². The van der Waals surface area contributed by atoms with E-state index in [9.17, 15) is 15.0 Å². The summed E-state index contributed by atoms with van der Waals surface area (Å²) in [6.07, 6.45) is 0. The summed E-state index contributed by atoms with van der Waals surface area (Å²) in [5, 5.41) is 27.4. The maximum absolute atomic E-state index is 13.1. The zero-order valence-corrected chi connectivity index (χ0v) is 15.2. The Morgan fingerprint density at radius 2 is 1.71 bits per heavy atom. The number of carbonyl (C=O) groups is 1. The van der Waals surface area contributed by atoms with Crippen LogP contribution in [0.1, 0.15) is 15.9 Å². The first-order valence-electron chi connectivity index (χ1n) is 8.35. The number of rotatable bonds is 3. The van der Waals surface area contributed by atoms with Gasteiger partial charge in [-0.2, -0.15) is 0 Å². The van der Waals surface area contributed by atoms with Crippen molar-refractivity contribution in [3.8, 4) is 11.5 Å². The third-order valence-corrected chi connectivity index (χ3v) is 4.35. The van der Waals surface area contributed by atoms with Crippen molar-refractivity contribution < 1.29 is 15.0 Å². The van der Waals surface area contributed by atoms with Gasteiger partial charge in [-0.3, -0.25) is 10.2 Å². The second-order valence-corrected chi connectivity index (χ2v) is 6.45. The molecule has 0 spiro atoms. The normalized spacial score (nSPS) is 13.2. The lowest BCUT2D eigenvalue weighted by molar-refractivity contribution is 0.0707. The van der Waals surface area contributed by atoms with Crippen molar-refractivity contribution >= 4 is 29.0 Å². The highest BCUT2D eigenvalue weighted by molar-refractivity contribution is 6.30. The van der Waals surface area contributed by atoms with Gasteiger partial charge < -0.3 is 10.2 Å². The molecule has 1 heterocycles. The van der Waals surface area contributed by atoms with Crippen LogP contribution in [0.15, 0.2) is 77.9 Å². The number of hydrazine groups is 2. The Morgan fingerprint density at radius 1 is 0.964 bits per heavy atom. The number of phenols is 2. The molecule has 140 valence electrons. The first-order valence-corrected chi connectivity index (χ1v) is 8.73. The van der Waals surface area contributed by atoms with Crippen molar-refractivity contribution in [2.45, 2.75) is 0 Å². The average molecular weight is 395 g/mol. The fraction of sp³-hybridized carbons (Fsp3) is 0. The van der Waals surface area contributed by atoms with E-state index in [4.69, 9.17) is 11.6 Å². The molecule has 1 aliphatic rings. The molecular weight excluding hydrogens is 380 g/mol. The topological polar surface area (TPSA) is 88.4 Å². The van der Waals surface area contributed by atoms with E-state index in [1.807, 2.05) is 0 Å². The Kier molecular flexibility index (Phi) is 4.50. The highest BCUT2D eigenvalue weighted by Gasteiger charge is 2.32. The molecule has 3 N–H and O–H groups in total. The molecule has 0 unspecified atom stereocenters. The predicted octanol–water partition coefficient (Wildman–Crippen LogP) is 3.50. The SMILES string of the molecule is O=C(c1ccccc1O)N1NC(c2cccc(O)c2)=NN1c1ccc(Cl)cc1. The van der Waals surface area contributed by atoms with Crippen molar-refractivity contribution in [2.75, 3.05) is 5.12 Å². The number of amides is 1. The lowest BCUT2D eigenvalue weighted by Gasteiger charge is -2.26. The fourth-order valence-corrected chi connectivity index (χ4v) is 2.86. The van der Waals surface area contributed by atoms with Crippen LogP contribution in [0.2, 0.25) is 5.02 Å². The van der Waals surface area contributed by atoms with Gasteiger partial charge in [-0.15, -0.1) is 15.3 Å². The highest BCUT2D eigenvalue weighted by atomic mass is 35.5. The number of nitrogens with zero attached hydrogens (tertiary/aromatic N) is 3. The molecule has 3 aromatic carbocycles. The zero-order chi connectivity index (χ0) is 19.7. The van der Waals surface area contributed by atoms with Crippen molar-refractivity contribution in [1.82, 2.24) is 10.5 Å². The minimum Gasteiger partial charge on any atom is -0.508 e. The number of halogens is 1. The smallest absolute Gasteiger partial charge is 0.297 e. The van der Waals surface area contributed by atoms with Gasteiger partial charge in [-0.05, 0) is 48.5 Å². The zero-order valence-electron chi connectivity index (χ0n) is 14.5. The van der Waals surface area contributed by atoms with Crippen LogP contribution in [-0.4, -0.2) is 27.1 Å². The number of nitrogens with one attached hydrogen (secondary N) is 1. The monoisotopic (exact) mass is 394 g/mol. The summed E-state index contributed by atoms with van der Waals surface area (Å²) in [6.45, 7) is 0. The molecular formula is C20H15ClN4O3. The average Bonchev–Trinajstić information content (AvgIpc) is 3.14. The molecule has 0 radical (unpaired) electrons. The van der Waals surface area contributed by atoms with Gasteiger partial charge in [0.05, 0.1) is 11.3 Å². The van der Waals surface area contributed by atoms with Crippen LogP contribution in [0.5, 0.6) is 11.5 Å². The number of benzene rings is 3. The molecule has 0 bridgehead atoms. The summed E-state index contributed by atoms with van der Waals surface area (Å²) < 4.78 is 0. The molecule has 0 fully saturated rings. The number of phenolic OH excluding ortho intramolecular Hbond substituents is 2. The standard InChI is InChI=1S/C20H15ClN4O3/c21-14-8-10-15(11-9-14)24-22-19(13-4-3-5-16(26)12-13)23-25(24)20(28)17-6-1-2-7-18(17)27/h1-12,26-27H,(H,22,23). The van der Waals surface area contributed by atoms with Crippen LogP contribution in [-0.2, 0) is 0 Å². The number of hydrazone groups is 1. The second-order valence-electron chi connectivity index (χ2n) is 6.01. The van der Waals surface area contributed by atoms with Gasteiger partial charge in [0.15, 0.2) is 5.84 Å². The molecule has 0 saturated carbocycles. The molecule has 7 nitrogen and oxygen atoms in total. The van der Waals surface area contributed by atoms with Gasteiger partial charge in [0.2, 0.25) is 0 Å². The Bertz CT molecular complexity index is 1070. The number of anilines is 1. The molecule has 1 amide bonds. The Labute approximate surface area is 165 Å². The number of aromatic hydroxyl groups is 2. The van der Waals surface area contributed by atoms with Crippen LogP contribution in [0, 0.1) is 0 Å². The number of hydrogen-bond donors (Lipinski definition) is 3. The van der Waals surface area contributed by atoms with Crippen LogP contribution in [0.3, 0.4) is 0 Å². The van der Waals surface area contributed by atoms with Gasteiger partial charge in [-0.1, -0.05) is 35.9 Å². The number of amidine groups is 1. The van der Waals surface area contributed by atoms with E-state index in [1.165, 1.54) is 28.4 Å². The van der Waals surface area contributed by atoms with Crippen molar-refractivity contribution in [3.63, 3.8) is 0 Å². The minimum absolute atomic E-state index is 0.0746. The third kappa shape index (κ3) is 3.30. The maximum Gasteiger partial charge on any atom is 0.297 e. The summed E-state index contributed by atoms with van der Waals surface area (Å²) in [5.74, 6) is -0.219. The van der Waals surface area contributed by atoms with E-state index in [2.05, 4.69) is 10.5 Å². The molecule has 1 aliphatic heterocycles. The van der Waals surface area contributed by atoms with Gasteiger partial charge in [0, 0.05) is 10.6 Å². The van der Waals surface area contributed by atoms with Gasteiger partial charge >= 0.3 is 0 Å². The molecule has 28 heavy (non-hydrogen) atoms. The van der Waals surface area contributed by atoms with Crippen LogP contribution >= 0.6 is 11.6 Å². The quantitative estimate of drug-likeness (QED) is 0.632. The summed E-state index contributed by atoms with van der Waals surface area (Å²) in [7, 11) is 0. The van der Waals surface area contributed by atoms with Crippen LogP contribution < -0.4 is 10.5 Å². The van der Waals surface area contributed by atoms with Crippen molar-refractivity contribution in [3.05, 3.63) is 88.9 Å². The minimum atomic E-state index is -0.507. The maximum atomic E-state index is 13.1. The van der Waals surface area contributed by atoms with E-state index in [0.717, 1.165) is 0 Å². The van der Waals surface area contributed by atoms with E-state index in [1.54, 1.807) is 54.6 Å². The van der Waals surface area contributed by atoms with E-state index in [-0.39, 0.29) is 17.1 Å². The van der Waals surface area contributed by atoms with Crippen molar-refractivity contribution in [2.24, 2.45) is 5.10 Å².